The standard InChI is InChI=1S/C15H18O5.C14H16O5.C12H14O3.C11H12O3.C8H6F8O2.C7H11NO2.2C7H12O3.C6H10O3.C6H10O2/c1-11(2)15(18)20-10-4-3-9-19-13-7-5-12(6-8-13)14(16)17;1-2-13(15)19-10-4-3-9-18-12-7-5-11(6-8-12)14(16)17;1-10(2)12(13)15-9-8-14-11-6-4-3-5-7-11;1-2-11(12)14-9-8-13-10-6-4-3-5-7-10;1-2-4(17)18-3-6(11,12)8(15,16)7(13,14)5(9)10;1-2-7(9)8-3-5-10-6-4-8;1-6(2)7(8)10-5-4-9-3;1-2-7(9)10-6-4-3-5-8;1-3-6(7)9-5-4-8-2;1-2-6(8)4-3-5-7/h5-8H,1,3-4,9-10H2,2H3,(H,16,17);2,5-8H,1,3-4,9-10H2,(H,16,17);3-7H,1,8-9H2,2H3;2-7H,1,8-9H2;2,5H,1,3H2;2H,1,3-6H2;1,4-5H2,2-3H3;2,8H,1,3-6H2;3H,1,4-5H2,2H3;2,7H,1,3-5H2. The largest absolute Gasteiger partial charge is 0.494 e. The molecule has 0 spiro atoms. The van der Waals surface area contributed by atoms with E-state index in [0.717, 1.165) is 48.6 Å². The predicted octanol–water partition coefficient (Wildman–Crippen LogP) is 13.9. The number of morpholine rings is 1. The van der Waals surface area contributed by atoms with E-state index in [4.69, 9.17) is 63.1 Å². The van der Waals surface area contributed by atoms with Crippen LogP contribution in [0.25, 0.3) is 0 Å². The number of hydrogen-bond acceptors (Lipinski definition) is 29. The summed E-state index contributed by atoms with van der Waals surface area (Å²) in [5.74, 6) is -21.8. The van der Waals surface area contributed by atoms with Crippen molar-refractivity contribution < 1.29 is 184 Å². The number of alkyl halides is 8. The summed E-state index contributed by atoms with van der Waals surface area (Å²) in [7, 11) is 3.09. The summed E-state index contributed by atoms with van der Waals surface area (Å²) in [6.07, 6.45) is 7.63. The maximum absolute atomic E-state index is 12.7. The highest BCUT2D eigenvalue weighted by Crippen LogP contribution is 2.48. The van der Waals surface area contributed by atoms with E-state index in [1.54, 1.807) is 64.2 Å². The van der Waals surface area contributed by atoms with Crippen molar-refractivity contribution in [3.8, 4) is 23.0 Å². The highest BCUT2D eigenvalue weighted by Gasteiger charge is 2.75. The summed E-state index contributed by atoms with van der Waals surface area (Å²) in [6.45, 7) is 42.7. The van der Waals surface area contributed by atoms with Gasteiger partial charge in [0.1, 0.15) is 62.6 Å². The number of methoxy groups -OCH3 is 2. The highest BCUT2D eigenvalue weighted by atomic mass is 19.4. The summed E-state index contributed by atoms with van der Waals surface area (Å²) in [6, 6.07) is 31.1. The molecular formula is C93H121F8NO31. The lowest BCUT2D eigenvalue weighted by Gasteiger charge is -2.31. The van der Waals surface area contributed by atoms with Gasteiger partial charge in [-0.25, -0.2) is 56.7 Å². The SMILES string of the molecule is C=C(C)C(=O)OCCCCOc1ccc(C(=O)O)cc1.C=C(C)C(=O)OCCOC.C=C(C)C(=O)OCCOc1ccccc1.C=CC(=O)CCCO.C=CC(=O)N1CCOCC1.C=CC(=O)OCC(F)(F)C(F)(F)C(F)(F)C(F)F.C=CC(=O)OCCCCO.C=CC(=O)OCCCCOc1ccc(C(=O)O)cc1.C=CC(=O)OCCOC.C=CC(=O)OCCOc1ccccc1. The Hall–Kier alpha value is -13.4. The van der Waals surface area contributed by atoms with Crippen LogP contribution in [0.2, 0.25) is 0 Å². The number of aliphatic hydroxyl groups is 2. The summed E-state index contributed by atoms with van der Waals surface area (Å²) in [5, 5.41) is 34.0. The molecule has 5 rings (SSSR count). The number of aromatic carboxylic acids is 2. The van der Waals surface area contributed by atoms with Crippen molar-refractivity contribution in [1.29, 1.82) is 0 Å². The van der Waals surface area contributed by atoms with Gasteiger partial charge in [0, 0.05) is 94.0 Å². The van der Waals surface area contributed by atoms with Gasteiger partial charge < -0.3 is 96.4 Å². The molecule has 4 N–H and O–H groups in total. The number of amides is 1. The molecule has 0 aliphatic carbocycles. The summed E-state index contributed by atoms with van der Waals surface area (Å²) in [4.78, 5) is 129. The summed E-state index contributed by atoms with van der Waals surface area (Å²) >= 11 is 0. The first-order valence-corrected chi connectivity index (χ1v) is 40.0. The molecule has 0 aromatic heterocycles. The van der Waals surface area contributed by atoms with Crippen LogP contribution in [0.5, 0.6) is 23.0 Å². The molecule has 1 saturated heterocycles. The number of halogens is 8. The maximum atomic E-state index is 12.7. The zero-order chi connectivity index (χ0) is 102. The molecule has 40 heteroatoms. The molecule has 0 saturated carbocycles. The summed E-state index contributed by atoms with van der Waals surface area (Å²) < 4.78 is 171. The van der Waals surface area contributed by atoms with Crippen LogP contribution >= 0.6 is 0 Å². The number of nitrogens with zero attached hydrogens (tertiary/aromatic N) is 1. The Morgan fingerprint density at radius 3 is 1.02 bits per heavy atom. The third-order valence-corrected chi connectivity index (χ3v) is 14.5. The number of unbranched alkanes of at least 4 members (excludes halogenated alkanes) is 3. The van der Waals surface area contributed by atoms with Crippen molar-refractivity contribution in [3.05, 3.63) is 245 Å². The third kappa shape index (κ3) is 71.1. The number of aliphatic hydroxyl groups excluding tert-OH is 2. The number of para-hydroxylation sites is 2. The number of benzene rings is 4. The van der Waals surface area contributed by atoms with Crippen LogP contribution in [-0.4, -0.2) is 267 Å². The van der Waals surface area contributed by atoms with Gasteiger partial charge in [0.15, 0.2) is 12.4 Å². The second-order valence-corrected chi connectivity index (χ2v) is 25.4. The average molecular weight is 1900 g/mol. The van der Waals surface area contributed by atoms with E-state index in [0.29, 0.717) is 172 Å². The first-order valence-electron chi connectivity index (χ1n) is 40.0. The molecule has 0 radical (unpaired) electrons. The second-order valence-electron chi connectivity index (χ2n) is 25.4. The van der Waals surface area contributed by atoms with E-state index < -0.39 is 72.6 Å². The lowest BCUT2D eigenvalue weighted by Crippen LogP contribution is -2.59. The van der Waals surface area contributed by atoms with Gasteiger partial charge in [-0.05, 0) is 151 Å². The van der Waals surface area contributed by atoms with Crippen LogP contribution in [-0.2, 0) is 100 Å². The van der Waals surface area contributed by atoms with Gasteiger partial charge in [0.2, 0.25) is 5.91 Å². The quantitative estimate of drug-likeness (QED) is 0.0105. The molecule has 133 heavy (non-hydrogen) atoms. The van der Waals surface area contributed by atoms with Crippen LogP contribution in [0.3, 0.4) is 0 Å². The van der Waals surface area contributed by atoms with E-state index in [1.165, 1.54) is 36.4 Å². The Balaban J connectivity index is -0.000000463. The van der Waals surface area contributed by atoms with Gasteiger partial charge in [-0.2, -0.15) is 26.3 Å². The lowest BCUT2D eigenvalue weighted by molar-refractivity contribution is -0.344. The molecule has 0 atom stereocenters. The Morgan fingerprint density at radius 2 is 0.692 bits per heavy atom. The Bertz CT molecular complexity index is 4090. The van der Waals surface area contributed by atoms with E-state index in [2.05, 4.69) is 94.2 Å². The Labute approximate surface area is 768 Å². The van der Waals surface area contributed by atoms with E-state index in [9.17, 15) is 92.7 Å². The third-order valence-electron chi connectivity index (χ3n) is 14.5. The van der Waals surface area contributed by atoms with E-state index >= 15 is 0 Å². The van der Waals surface area contributed by atoms with Gasteiger partial charge in [0.05, 0.1) is 70.6 Å². The molecule has 32 nitrogen and oxygen atoms in total. The zero-order valence-corrected chi connectivity index (χ0v) is 75.2. The van der Waals surface area contributed by atoms with Gasteiger partial charge in [-0.15, -0.1) is 0 Å². The molecule has 4 aromatic rings. The monoisotopic (exact) mass is 1900 g/mol. The number of esters is 8. The first kappa shape index (κ1) is 128. The Kier molecular flexibility index (Phi) is 78.7. The number of carbonyl (C=O) groups excluding carboxylic acids is 10. The lowest BCUT2D eigenvalue weighted by atomic mass is 10.1. The van der Waals surface area contributed by atoms with Crippen LogP contribution in [0.1, 0.15) is 92.9 Å². The number of hydrogen-bond donors (Lipinski definition) is 4. The summed E-state index contributed by atoms with van der Waals surface area (Å²) in [5.41, 5.74) is 1.65. The van der Waals surface area contributed by atoms with E-state index in [-0.39, 0.29) is 67.2 Å². The molecule has 0 unspecified atom stereocenters. The number of allylic oxidation sites excluding steroid dienone is 1. The highest BCUT2D eigenvalue weighted by molar-refractivity contribution is 5.90. The van der Waals surface area contributed by atoms with Crippen LogP contribution in [0.15, 0.2) is 234 Å². The minimum atomic E-state index is -6.38. The molecule has 0 bridgehead atoms. The number of carboxylic acids is 2. The van der Waals surface area contributed by atoms with Crippen LogP contribution < -0.4 is 18.9 Å². The van der Waals surface area contributed by atoms with Gasteiger partial charge in [-0.3, -0.25) is 9.59 Å². The van der Waals surface area contributed by atoms with Crippen molar-refractivity contribution in [1.82, 2.24) is 4.90 Å². The first-order chi connectivity index (χ1) is 63.0. The number of rotatable bonds is 50. The van der Waals surface area contributed by atoms with Crippen molar-refractivity contribution in [2.75, 3.05) is 146 Å². The average Bonchev–Trinajstić information content (AvgIpc) is 0.761. The fourth-order valence-electron chi connectivity index (χ4n) is 7.54. The van der Waals surface area contributed by atoms with Crippen molar-refractivity contribution in [2.24, 2.45) is 0 Å². The van der Waals surface area contributed by atoms with Gasteiger partial charge in [-0.1, -0.05) is 102 Å². The smallest absolute Gasteiger partial charge is 0.381 e. The van der Waals surface area contributed by atoms with Gasteiger partial charge in [0.25, 0.3) is 0 Å². The minimum absolute atomic E-state index is 0.000880. The normalized spacial score (nSPS) is 10.6. The van der Waals surface area contributed by atoms with Crippen molar-refractivity contribution in [2.45, 2.75) is 96.3 Å². The molecule has 1 amide bonds. The fraction of sp³-hybridized carbons (Fsp3) is 0.398. The number of carbonyl (C=O) groups is 12. The molecule has 1 aliphatic rings. The van der Waals surface area contributed by atoms with Crippen LogP contribution in [0.4, 0.5) is 35.1 Å². The van der Waals surface area contributed by atoms with E-state index in [1.807, 2.05) is 60.7 Å². The zero-order valence-electron chi connectivity index (χ0n) is 75.2. The van der Waals surface area contributed by atoms with Crippen molar-refractivity contribution in [3.63, 3.8) is 0 Å². The second kappa shape index (κ2) is 81.8. The molecule has 1 fully saturated rings. The Morgan fingerprint density at radius 1 is 0.391 bits per heavy atom. The molecule has 4 aromatic carbocycles. The molecule has 740 valence electrons. The van der Waals surface area contributed by atoms with Crippen LogP contribution in [0, 0.1) is 0 Å². The van der Waals surface area contributed by atoms with Gasteiger partial charge >= 0.3 is 83.9 Å². The molecule has 1 aliphatic heterocycles. The molecular weight excluding hydrogens is 1780 g/mol. The fourth-order valence-corrected chi connectivity index (χ4v) is 7.54. The minimum Gasteiger partial charge on any atom is -0.494 e. The number of carboxylic acid groups (broad SMARTS) is 2. The maximum Gasteiger partial charge on any atom is 0.381 e. The number of ether oxygens (including phenoxy) is 15. The topological polar surface area (TPSA) is 427 Å². The van der Waals surface area contributed by atoms with Crippen molar-refractivity contribution >= 4 is 71.4 Å². The number of ketones is 1. The molecule has 1 heterocycles. The predicted molar refractivity (Wildman–Crippen MR) is 473 cm³/mol.